The van der Waals surface area contributed by atoms with Crippen LogP contribution in [-0.4, -0.2) is 12.7 Å². The summed E-state index contributed by atoms with van der Waals surface area (Å²) in [6.45, 7) is 9.48. The van der Waals surface area contributed by atoms with Crippen molar-refractivity contribution < 1.29 is 9.68 Å². The first kappa shape index (κ1) is 51.1. The van der Waals surface area contributed by atoms with Crippen molar-refractivity contribution in [2.45, 2.75) is 38.5 Å². The van der Waals surface area contributed by atoms with Crippen LogP contribution < -0.4 is 4.65 Å². The zero-order valence-electron chi connectivity index (χ0n) is 46.2. The molecule has 0 aliphatic heterocycles. The van der Waals surface area contributed by atoms with Gasteiger partial charge < -0.3 is 9.68 Å². The van der Waals surface area contributed by atoms with Gasteiger partial charge in [0.15, 0.2) is 0 Å². The average Bonchev–Trinajstić information content (AvgIpc) is 2.12. The molecule has 14 aromatic rings. The van der Waals surface area contributed by atoms with Gasteiger partial charge in [0, 0.05) is 26.1 Å². The highest BCUT2D eigenvalue weighted by Gasteiger charge is 2.40. The monoisotopic (exact) mass is 1120 g/mol. The van der Waals surface area contributed by atoms with Gasteiger partial charge in [0.25, 0.3) is 0 Å². The molecule has 14 aromatic carbocycles. The Hall–Kier alpha value is -9.06. The zero-order valence-corrected chi connectivity index (χ0v) is 47.8. The molecule has 4 heteroatoms. The molecule has 0 saturated carbocycles. The molecule has 82 heavy (non-hydrogen) atoms. The fourth-order valence-corrected chi connectivity index (χ4v) is 15.0. The van der Waals surface area contributed by atoms with Gasteiger partial charge >= 0.3 is 7.69 Å². The van der Waals surface area contributed by atoms with Crippen molar-refractivity contribution in [3.05, 3.63) is 294 Å². The van der Waals surface area contributed by atoms with E-state index in [9.17, 15) is 5.02 Å². The molecule has 0 fully saturated rings. The highest BCUT2D eigenvalue weighted by atomic mass is 79.9. The lowest BCUT2D eigenvalue weighted by Crippen LogP contribution is -2.17. The normalized spacial score (nSPS) is 13.2. The molecule has 16 rings (SSSR count). The molecular weight excluding hydrogens is 1060 g/mol. The lowest BCUT2D eigenvalue weighted by Gasteiger charge is -2.27. The third-order valence-corrected chi connectivity index (χ3v) is 18.1. The van der Waals surface area contributed by atoms with Crippen molar-refractivity contribution in [3.8, 4) is 61.4 Å². The highest BCUT2D eigenvalue weighted by Crippen LogP contribution is 2.57. The molecule has 0 spiro atoms. The molecule has 0 unspecified atom stereocenters. The minimum absolute atomic E-state index is 0.0334. The predicted octanol–water partition coefficient (Wildman–Crippen LogP) is 21.3. The Morgan fingerprint density at radius 3 is 1.07 bits per heavy atom. The Bertz CT molecular complexity index is 4720. The number of rotatable bonds is 5. The molecule has 0 heterocycles. The molecule has 1 radical (unpaired) electrons. The first-order valence-electron chi connectivity index (χ1n) is 28.2. The molecule has 2 aliphatic rings. The summed E-state index contributed by atoms with van der Waals surface area (Å²) in [6.07, 6.45) is 0. The highest BCUT2D eigenvalue weighted by molar-refractivity contribution is 9.10. The average molecular weight is 1120 g/mol. The van der Waals surface area contributed by atoms with Crippen LogP contribution in [0.5, 0.6) is 5.75 Å². The third kappa shape index (κ3) is 8.18. The summed E-state index contributed by atoms with van der Waals surface area (Å²) in [5, 5.41) is 23.9. The molecule has 2 aliphatic carbocycles. The molecule has 0 saturated heterocycles. The summed E-state index contributed by atoms with van der Waals surface area (Å²) < 4.78 is 6.66. The van der Waals surface area contributed by atoms with E-state index in [0.29, 0.717) is 5.75 Å². The van der Waals surface area contributed by atoms with Gasteiger partial charge in [-0.1, -0.05) is 304 Å². The summed E-state index contributed by atoms with van der Waals surface area (Å²) in [5.74, 6) is 0.679. The van der Waals surface area contributed by atoms with Gasteiger partial charge in [0.1, 0.15) is 5.75 Å². The van der Waals surface area contributed by atoms with Gasteiger partial charge in [-0.2, -0.15) is 0 Å². The SMILES string of the molecule is CC1(C)c2c(Br)cccc2-c2ccc3ccccc3c21.CC1(C)c2c(cccc2-c2c3ccccc3c(-c3ccccc3)c3ccccc23)-c2ccc3ccccc3c21.O[B]Oc1c2ccccc2c(-c2ccccc2)c2ccccc12. The van der Waals surface area contributed by atoms with Gasteiger partial charge in [-0.3, -0.25) is 0 Å². The maximum absolute atomic E-state index is 9.18. The molecular formula is C78H57BBrO2. The van der Waals surface area contributed by atoms with E-state index in [-0.39, 0.29) is 10.8 Å². The van der Waals surface area contributed by atoms with Gasteiger partial charge in [-0.15, -0.1) is 0 Å². The Morgan fingerprint density at radius 2 is 0.622 bits per heavy atom. The molecule has 2 nitrogen and oxygen atoms in total. The van der Waals surface area contributed by atoms with Gasteiger partial charge in [0.05, 0.1) is 0 Å². The second kappa shape index (κ2) is 20.5. The van der Waals surface area contributed by atoms with Crippen LogP contribution in [0.25, 0.3) is 120 Å². The summed E-state index contributed by atoms with van der Waals surface area (Å²) in [6, 6.07) is 95.5. The van der Waals surface area contributed by atoms with Crippen LogP contribution >= 0.6 is 15.9 Å². The Labute approximate surface area is 488 Å². The standard InChI is InChI=1S/C39H28.C20H14BO2.C19H15Br/c1-39(2)37-27-16-7-6-13-25(27)23-24-33(37)32-21-12-22-34(38(32)39)36-30-19-10-8-17-28(30)35(26-14-4-3-5-15-26)29-18-9-11-20-31(29)36;22-21-23-20-17-12-6-4-10-15(17)19(14-8-2-1-3-9-14)16-11-5-7-13-18(16)20;1-19(2)17-13-7-4-3-6-12(13)10-11-15(17)14-8-5-9-16(20)18(14)19/h3-24H,1-2H3;1-13,22H;3-11H,1-2H3. The van der Waals surface area contributed by atoms with E-state index in [1.54, 1.807) is 0 Å². The quantitative estimate of drug-likeness (QED) is 0.137. The van der Waals surface area contributed by atoms with Gasteiger partial charge in [0.2, 0.25) is 0 Å². The molecule has 391 valence electrons. The van der Waals surface area contributed by atoms with E-state index in [1.807, 2.05) is 54.6 Å². The van der Waals surface area contributed by atoms with E-state index in [0.717, 1.165) is 29.2 Å². The number of halogens is 1. The van der Waals surface area contributed by atoms with Crippen molar-refractivity contribution in [2.75, 3.05) is 0 Å². The first-order chi connectivity index (χ1) is 40.1. The van der Waals surface area contributed by atoms with E-state index in [4.69, 9.17) is 4.65 Å². The minimum atomic E-state index is -0.136. The van der Waals surface area contributed by atoms with Crippen LogP contribution in [-0.2, 0) is 10.8 Å². The van der Waals surface area contributed by atoms with Crippen molar-refractivity contribution in [2.24, 2.45) is 0 Å². The fraction of sp³-hybridized carbons (Fsp3) is 0.0769. The van der Waals surface area contributed by atoms with E-state index in [1.165, 1.54) is 125 Å². The second-order valence-electron chi connectivity index (χ2n) is 22.7. The summed E-state index contributed by atoms with van der Waals surface area (Å²) in [4.78, 5) is 0. The van der Waals surface area contributed by atoms with Crippen LogP contribution in [0.4, 0.5) is 0 Å². The minimum Gasteiger partial charge on any atom is -0.537 e. The molecule has 0 aromatic heterocycles. The van der Waals surface area contributed by atoms with Crippen LogP contribution in [0.15, 0.2) is 271 Å². The summed E-state index contributed by atoms with van der Waals surface area (Å²) in [7, 11) is 0.746. The van der Waals surface area contributed by atoms with Gasteiger partial charge in [-0.25, -0.2) is 0 Å². The summed E-state index contributed by atoms with van der Waals surface area (Å²) >= 11 is 3.75. The van der Waals surface area contributed by atoms with E-state index in [2.05, 4.69) is 256 Å². The van der Waals surface area contributed by atoms with E-state index >= 15 is 0 Å². The Kier molecular flexibility index (Phi) is 12.8. The molecule has 0 amide bonds. The van der Waals surface area contributed by atoms with Crippen molar-refractivity contribution >= 4 is 88.2 Å². The Morgan fingerprint density at radius 1 is 0.293 bits per heavy atom. The number of fused-ring (bicyclic) bond motifs is 14. The van der Waals surface area contributed by atoms with Crippen LogP contribution in [0, 0.1) is 0 Å². The topological polar surface area (TPSA) is 29.5 Å². The van der Waals surface area contributed by atoms with Crippen LogP contribution in [0.3, 0.4) is 0 Å². The number of hydrogen-bond acceptors (Lipinski definition) is 2. The molecule has 1 N–H and O–H groups in total. The van der Waals surface area contributed by atoms with Crippen molar-refractivity contribution in [1.82, 2.24) is 0 Å². The lowest BCUT2D eigenvalue weighted by molar-refractivity contribution is 0.459. The fourth-order valence-electron chi connectivity index (χ4n) is 14.1. The van der Waals surface area contributed by atoms with Crippen LogP contribution in [0.1, 0.15) is 49.9 Å². The van der Waals surface area contributed by atoms with E-state index < -0.39 is 0 Å². The number of benzene rings is 14. The van der Waals surface area contributed by atoms with Crippen molar-refractivity contribution in [1.29, 1.82) is 0 Å². The van der Waals surface area contributed by atoms with Crippen LogP contribution in [0.2, 0.25) is 0 Å². The largest absolute Gasteiger partial charge is 0.569 e. The predicted molar refractivity (Wildman–Crippen MR) is 352 cm³/mol. The summed E-state index contributed by atoms with van der Waals surface area (Å²) in [5.41, 5.74) is 18.7. The Balaban J connectivity index is 0.000000119. The maximum Gasteiger partial charge on any atom is 0.569 e. The molecule has 0 bridgehead atoms. The third-order valence-electron chi connectivity index (χ3n) is 17.4. The maximum atomic E-state index is 9.18. The lowest BCUT2D eigenvalue weighted by atomic mass is 9.76. The first-order valence-corrected chi connectivity index (χ1v) is 29.0. The van der Waals surface area contributed by atoms with Crippen molar-refractivity contribution in [3.63, 3.8) is 0 Å². The molecule has 0 atom stereocenters. The second-order valence-corrected chi connectivity index (χ2v) is 23.5. The smallest absolute Gasteiger partial charge is 0.537 e. The van der Waals surface area contributed by atoms with Gasteiger partial charge in [-0.05, 0) is 138 Å². The zero-order chi connectivity index (χ0) is 55.7. The number of hydrogen-bond donors (Lipinski definition) is 1.